The second-order valence-corrected chi connectivity index (χ2v) is 8.25. The zero-order valence-corrected chi connectivity index (χ0v) is 20.8. The average molecular weight is 506 g/mol. The molecule has 1 aromatic carbocycles. The Morgan fingerprint density at radius 2 is 1.81 bits per heavy atom. The zero-order chi connectivity index (χ0) is 25.8. The topological polar surface area (TPSA) is 141 Å². The van der Waals surface area contributed by atoms with Gasteiger partial charge in [-0.25, -0.2) is 15.0 Å². The molecule has 13 heteroatoms. The minimum absolute atomic E-state index is 0.176. The number of carbonyl (C=O) groups is 1. The van der Waals surface area contributed by atoms with Crippen LogP contribution < -0.4 is 24.8 Å². The molecule has 0 aliphatic carbocycles. The molecule has 1 saturated heterocycles. The summed E-state index contributed by atoms with van der Waals surface area (Å²) in [5.41, 5.74) is 1.82. The lowest BCUT2D eigenvalue weighted by atomic mass is 10.2. The number of anilines is 4. The van der Waals surface area contributed by atoms with Crippen LogP contribution in [0, 0.1) is 0 Å². The predicted octanol–water partition coefficient (Wildman–Crippen LogP) is 2.75. The van der Waals surface area contributed by atoms with E-state index < -0.39 is 0 Å². The van der Waals surface area contributed by atoms with Crippen LogP contribution >= 0.6 is 0 Å². The number of likely N-dealkylation sites (tertiary alicyclic amines) is 1. The van der Waals surface area contributed by atoms with E-state index in [9.17, 15) is 4.79 Å². The number of hydrogen-bond acceptors (Lipinski definition) is 11. The summed E-state index contributed by atoms with van der Waals surface area (Å²) in [5.74, 6) is 2.98. The van der Waals surface area contributed by atoms with Crippen LogP contribution in [0.25, 0.3) is 11.2 Å². The first kappa shape index (κ1) is 24.0. The average Bonchev–Trinajstić information content (AvgIpc) is 3.52. The van der Waals surface area contributed by atoms with Crippen LogP contribution in [0.5, 0.6) is 17.2 Å². The van der Waals surface area contributed by atoms with Crippen molar-refractivity contribution in [2.75, 3.05) is 45.1 Å². The number of carbonyl (C=O) groups excluding carboxylic acids is 1. The SMILES string of the molecule is COc1cc(Nc2nc(Nc3ccncn3)nc3c2ncn3CCN2CCCC2=O)cc(OC)c1OC. The normalized spacial score (nSPS) is 13.2. The van der Waals surface area contributed by atoms with Crippen molar-refractivity contribution in [2.24, 2.45) is 0 Å². The van der Waals surface area contributed by atoms with Crippen LogP contribution in [0.1, 0.15) is 12.8 Å². The molecule has 0 bridgehead atoms. The van der Waals surface area contributed by atoms with Crippen LogP contribution in [0.2, 0.25) is 0 Å². The number of hydrogen-bond donors (Lipinski definition) is 2. The van der Waals surface area contributed by atoms with Gasteiger partial charge in [-0.05, 0) is 12.5 Å². The lowest BCUT2D eigenvalue weighted by molar-refractivity contribution is -0.127. The van der Waals surface area contributed by atoms with E-state index in [2.05, 4.69) is 30.6 Å². The summed E-state index contributed by atoms with van der Waals surface area (Å²) >= 11 is 0. The van der Waals surface area contributed by atoms with Gasteiger partial charge in [-0.2, -0.15) is 9.97 Å². The first-order valence-electron chi connectivity index (χ1n) is 11.7. The molecule has 4 aromatic rings. The smallest absolute Gasteiger partial charge is 0.232 e. The van der Waals surface area contributed by atoms with Gasteiger partial charge in [-0.1, -0.05) is 0 Å². The number of amides is 1. The van der Waals surface area contributed by atoms with Crippen LogP contribution in [-0.4, -0.2) is 74.7 Å². The van der Waals surface area contributed by atoms with E-state index in [0.717, 1.165) is 13.0 Å². The number of nitrogens with zero attached hydrogens (tertiary/aromatic N) is 7. The fourth-order valence-corrected chi connectivity index (χ4v) is 4.19. The highest BCUT2D eigenvalue weighted by Gasteiger charge is 2.21. The molecular formula is C24H27N9O4. The summed E-state index contributed by atoms with van der Waals surface area (Å²) in [5, 5.41) is 6.43. The molecular weight excluding hydrogens is 478 g/mol. The van der Waals surface area contributed by atoms with Crippen LogP contribution in [-0.2, 0) is 11.3 Å². The molecule has 1 aliphatic heterocycles. The van der Waals surface area contributed by atoms with Gasteiger partial charge < -0.3 is 34.3 Å². The number of nitrogens with one attached hydrogen (secondary N) is 2. The lowest BCUT2D eigenvalue weighted by Crippen LogP contribution is -2.28. The van der Waals surface area contributed by atoms with Crippen LogP contribution in [0.3, 0.4) is 0 Å². The van der Waals surface area contributed by atoms with E-state index in [0.29, 0.717) is 71.2 Å². The second kappa shape index (κ2) is 10.5. The Balaban J connectivity index is 1.52. The Hall–Kier alpha value is -4.68. The number of ether oxygens (including phenoxy) is 3. The second-order valence-electron chi connectivity index (χ2n) is 8.25. The molecule has 3 aromatic heterocycles. The molecule has 4 heterocycles. The number of fused-ring (bicyclic) bond motifs is 1. The molecule has 192 valence electrons. The van der Waals surface area contributed by atoms with E-state index in [1.54, 1.807) is 52.1 Å². The van der Waals surface area contributed by atoms with E-state index in [1.165, 1.54) is 6.33 Å². The van der Waals surface area contributed by atoms with Gasteiger partial charge in [0.15, 0.2) is 28.5 Å². The fourth-order valence-electron chi connectivity index (χ4n) is 4.19. The predicted molar refractivity (Wildman–Crippen MR) is 136 cm³/mol. The Labute approximate surface area is 212 Å². The number of rotatable bonds is 10. The minimum Gasteiger partial charge on any atom is -0.493 e. The number of imidazole rings is 1. The first-order chi connectivity index (χ1) is 18.1. The van der Waals surface area contributed by atoms with Gasteiger partial charge in [-0.15, -0.1) is 0 Å². The third kappa shape index (κ3) is 5.01. The van der Waals surface area contributed by atoms with Crippen molar-refractivity contribution in [2.45, 2.75) is 19.4 Å². The van der Waals surface area contributed by atoms with E-state index in [4.69, 9.17) is 19.2 Å². The Morgan fingerprint density at radius 1 is 1.00 bits per heavy atom. The summed E-state index contributed by atoms with van der Waals surface area (Å²) in [4.78, 5) is 36.0. The molecule has 37 heavy (non-hydrogen) atoms. The van der Waals surface area contributed by atoms with Gasteiger partial charge in [0.2, 0.25) is 17.6 Å². The lowest BCUT2D eigenvalue weighted by Gasteiger charge is -2.16. The van der Waals surface area contributed by atoms with Crippen molar-refractivity contribution < 1.29 is 19.0 Å². The number of methoxy groups -OCH3 is 3. The summed E-state index contributed by atoms with van der Waals surface area (Å²) in [6, 6.07) is 5.28. The molecule has 5 rings (SSSR count). The van der Waals surface area contributed by atoms with Gasteiger partial charge in [-0.3, -0.25) is 4.79 Å². The monoisotopic (exact) mass is 505 g/mol. The molecule has 2 N–H and O–H groups in total. The van der Waals surface area contributed by atoms with Crippen molar-refractivity contribution in [3.8, 4) is 17.2 Å². The highest BCUT2D eigenvalue weighted by atomic mass is 16.5. The van der Waals surface area contributed by atoms with E-state index in [-0.39, 0.29) is 5.91 Å². The maximum atomic E-state index is 12.1. The summed E-state index contributed by atoms with van der Waals surface area (Å²) in [7, 11) is 4.66. The van der Waals surface area contributed by atoms with Gasteiger partial charge in [0.05, 0.1) is 27.7 Å². The molecule has 13 nitrogen and oxygen atoms in total. The highest BCUT2D eigenvalue weighted by molar-refractivity contribution is 5.87. The van der Waals surface area contributed by atoms with Gasteiger partial charge in [0, 0.05) is 50.1 Å². The van der Waals surface area contributed by atoms with Crippen molar-refractivity contribution in [3.63, 3.8) is 0 Å². The third-order valence-corrected chi connectivity index (χ3v) is 6.00. The quantitative estimate of drug-likeness (QED) is 0.328. The van der Waals surface area contributed by atoms with Crippen LogP contribution in [0.15, 0.2) is 37.1 Å². The van der Waals surface area contributed by atoms with Crippen molar-refractivity contribution in [1.29, 1.82) is 0 Å². The molecule has 0 atom stereocenters. The largest absolute Gasteiger partial charge is 0.493 e. The van der Waals surface area contributed by atoms with E-state index >= 15 is 0 Å². The number of aromatic nitrogens is 6. The Kier molecular flexibility index (Phi) is 6.83. The third-order valence-electron chi connectivity index (χ3n) is 6.00. The zero-order valence-electron chi connectivity index (χ0n) is 20.8. The van der Waals surface area contributed by atoms with Crippen molar-refractivity contribution in [3.05, 3.63) is 37.1 Å². The highest BCUT2D eigenvalue weighted by Crippen LogP contribution is 2.41. The maximum Gasteiger partial charge on any atom is 0.232 e. The first-order valence-corrected chi connectivity index (χ1v) is 11.7. The van der Waals surface area contributed by atoms with Gasteiger partial charge in [0.25, 0.3) is 0 Å². The molecule has 0 spiro atoms. The van der Waals surface area contributed by atoms with E-state index in [1.807, 2.05) is 9.47 Å². The van der Waals surface area contributed by atoms with Crippen LogP contribution in [0.4, 0.5) is 23.3 Å². The summed E-state index contributed by atoms with van der Waals surface area (Å²) < 4.78 is 18.3. The van der Waals surface area contributed by atoms with Crippen molar-refractivity contribution in [1.82, 2.24) is 34.4 Å². The summed E-state index contributed by atoms with van der Waals surface area (Å²) in [6.07, 6.45) is 6.26. The standard InChI is InChI=1S/C24H27N9O4/c1-35-16-11-15(12-17(36-2)21(16)37-3)28-22-20-23(31-24(30-22)29-18-6-7-25-13-26-18)33(14-27-20)10-9-32-8-4-5-19(32)34/h6-7,11-14H,4-5,8-10H2,1-3H3,(H2,25,26,28,29,30,31). The van der Waals surface area contributed by atoms with Gasteiger partial charge in [0.1, 0.15) is 12.1 Å². The molecule has 0 unspecified atom stereocenters. The molecule has 0 radical (unpaired) electrons. The Bertz CT molecular complexity index is 1390. The van der Waals surface area contributed by atoms with Crippen molar-refractivity contribution >= 4 is 40.3 Å². The summed E-state index contributed by atoms with van der Waals surface area (Å²) in [6.45, 7) is 1.91. The maximum absolute atomic E-state index is 12.1. The molecule has 1 aliphatic rings. The Morgan fingerprint density at radius 3 is 2.46 bits per heavy atom. The molecule has 1 fully saturated rings. The molecule has 1 amide bonds. The number of benzene rings is 1. The van der Waals surface area contributed by atoms with Gasteiger partial charge >= 0.3 is 0 Å². The minimum atomic E-state index is 0.176. The molecule has 0 saturated carbocycles. The fraction of sp³-hybridized carbons (Fsp3) is 0.333.